The molecule has 5 rings (SSSR count). The van der Waals surface area contributed by atoms with Gasteiger partial charge < -0.3 is 10.4 Å². The summed E-state index contributed by atoms with van der Waals surface area (Å²) >= 11 is 0. The quantitative estimate of drug-likeness (QED) is 0.472. The number of carbonyl (C=O) groups is 3. The number of amides is 2. The van der Waals surface area contributed by atoms with Crippen molar-refractivity contribution >= 4 is 28.6 Å². The Morgan fingerprint density at radius 2 is 1.43 bits per heavy atom. The summed E-state index contributed by atoms with van der Waals surface area (Å²) in [5, 5.41) is 11.1. The third-order valence-corrected chi connectivity index (χ3v) is 9.00. The van der Waals surface area contributed by atoms with E-state index in [1.165, 1.54) is 0 Å². The lowest BCUT2D eigenvalue weighted by Gasteiger charge is -2.51. The lowest BCUT2D eigenvalue weighted by Crippen LogP contribution is -2.74. The van der Waals surface area contributed by atoms with Crippen LogP contribution in [-0.4, -0.2) is 48.7 Å². The highest BCUT2D eigenvalue weighted by Gasteiger charge is 2.60. The number of hydrogen-bond donors (Lipinski definition) is 2. The van der Waals surface area contributed by atoms with Crippen LogP contribution in [0.4, 0.5) is 0 Å². The molecule has 0 spiro atoms. The topological polar surface area (TPSA) is 104 Å². The number of aliphatic carboxylic acids is 1. The number of nitrogens with zero attached hydrogens (tertiary/aromatic N) is 1. The number of carboxylic acids is 1. The van der Waals surface area contributed by atoms with Crippen LogP contribution in [0.25, 0.3) is 0 Å². The monoisotopic (exact) mass is 514 g/mol. The second-order valence-corrected chi connectivity index (χ2v) is 10.8. The minimum Gasteiger partial charge on any atom is -0.477 e. The number of hydrogen-bond acceptors (Lipinski definition) is 4. The predicted octanol–water partition coefficient (Wildman–Crippen LogP) is 3.20. The summed E-state index contributed by atoms with van der Waals surface area (Å²) in [7, 11) is -1.71. The van der Waals surface area contributed by atoms with E-state index < -0.39 is 45.3 Å². The second-order valence-electron chi connectivity index (χ2n) is 9.19. The number of nitrogens with one attached hydrogen (secondary N) is 1. The maximum Gasteiger partial charge on any atom is 0.352 e. The van der Waals surface area contributed by atoms with Gasteiger partial charge in [0.1, 0.15) is 17.1 Å². The lowest BCUT2D eigenvalue weighted by molar-refractivity contribution is -0.151. The van der Waals surface area contributed by atoms with Crippen molar-refractivity contribution in [3.8, 4) is 0 Å². The highest BCUT2D eigenvalue weighted by molar-refractivity contribution is 7.86. The van der Waals surface area contributed by atoms with Gasteiger partial charge in [-0.3, -0.25) is 18.7 Å². The van der Waals surface area contributed by atoms with Crippen LogP contribution in [0.2, 0.25) is 0 Å². The van der Waals surface area contributed by atoms with Gasteiger partial charge in [-0.1, -0.05) is 91.0 Å². The number of benzene rings is 3. The van der Waals surface area contributed by atoms with Crippen molar-refractivity contribution in [1.82, 2.24) is 10.2 Å². The first kappa shape index (κ1) is 24.6. The Balaban J connectivity index is 1.53. The number of rotatable bonds is 7. The van der Waals surface area contributed by atoms with Gasteiger partial charge in [0.25, 0.3) is 5.91 Å². The van der Waals surface area contributed by atoms with E-state index in [-0.39, 0.29) is 18.0 Å². The predicted molar refractivity (Wildman–Crippen MR) is 140 cm³/mol. The van der Waals surface area contributed by atoms with E-state index in [0.717, 1.165) is 21.6 Å². The summed E-state index contributed by atoms with van der Waals surface area (Å²) in [4.78, 5) is 39.3. The van der Waals surface area contributed by atoms with Gasteiger partial charge in [0, 0.05) is 5.92 Å². The first-order valence-electron chi connectivity index (χ1n) is 12.0. The van der Waals surface area contributed by atoms with Crippen molar-refractivity contribution in [3.63, 3.8) is 0 Å². The molecule has 2 aliphatic rings. The zero-order valence-electron chi connectivity index (χ0n) is 20.1. The molecule has 0 saturated carbocycles. The van der Waals surface area contributed by atoms with Crippen molar-refractivity contribution < 1.29 is 23.7 Å². The SMILES string of the molecule is CC1=C(C(=O)O)N2C(=O)C(NC(=O)Cc3ccccc3)[C@H]2S(=O)C1C(c1ccccc1)c1ccccc1. The second kappa shape index (κ2) is 10.1. The number of fused-ring (bicyclic) bond motifs is 1. The van der Waals surface area contributed by atoms with Crippen LogP contribution in [-0.2, 0) is 31.6 Å². The van der Waals surface area contributed by atoms with E-state index in [9.17, 15) is 23.7 Å². The fourth-order valence-electron chi connectivity index (χ4n) is 5.25. The van der Waals surface area contributed by atoms with E-state index in [1.54, 1.807) is 6.92 Å². The van der Waals surface area contributed by atoms with Gasteiger partial charge >= 0.3 is 5.97 Å². The zero-order chi connectivity index (χ0) is 26.1. The van der Waals surface area contributed by atoms with Crippen LogP contribution >= 0.6 is 0 Å². The van der Waals surface area contributed by atoms with Crippen molar-refractivity contribution in [2.45, 2.75) is 35.9 Å². The Bertz CT molecular complexity index is 1350. The molecule has 1 fully saturated rings. The molecule has 7 nitrogen and oxygen atoms in total. The first-order valence-corrected chi connectivity index (χ1v) is 13.3. The molecule has 8 heteroatoms. The van der Waals surface area contributed by atoms with Gasteiger partial charge in [-0.25, -0.2) is 4.79 Å². The normalized spacial score (nSPS) is 22.9. The molecule has 2 aliphatic heterocycles. The lowest BCUT2D eigenvalue weighted by atomic mass is 9.84. The molecule has 188 valence electrons. The molecular formula is C29H26N2O5S. The van der Waals surface area contributed by atoms with Gasteiger partial charge in [0.15, 0.2) is 0 Å². The largest absolute Gasteiger partial charge is 0.477 e. The Morgan fingerprint density at radius 3 is 1.95 bits per heavy atom. The molecule has 2 heterocycles. The third kappa shape index (κ3) is 4.49. The van der Waals surface area contributed by atoms with Crippen LogP contribution in [0.5, 0.6) is 0 Å². The maximum atomic E-state index is 14.2. The first-order chi connectivity index (χ1) is 17.9. The molecule has 0 radical (unpaired) electrons. The molecular weight excluding hydrogens is 488 g/mol. The average molecular weight is 515 g/mol. The van der Waals surface area contributed by atoms with Gasteiger partial charge in [-0.15, -0.1) is 0 Å². The Morgan fingerprint density at radius 1 is 0.919 bits per heavy atom. The number of carbonyl (C=O) groups excluding carboxylic acids is 2. The van der Waals surface area contributed by atoms with E-state index in [1.807, 2.05) is 91.0 Å². The van der Waals surface area contributed by atoms with Crippen LogP contribution in [0.3, 0.4) is 0 Å². The molecule has 3 aromatic rings. The Labute approximate surface area is 217 Å². The Kier molecular flexibility index (Phi) is 6.76. The fourth-order valence-corrected chi connectivity index (χ4v) is 7.46. The van der Waals surface area contributed by atoms with E-state index >= 15 is 0 Å². The fraction of sp³-hybridized carbons (Fsp3) is 0.207. The smallest absolute Gasteiger partial charge is 0.352 e. The highest BCUT2D eigenvalue weighted by Crippen LogP contribution is 2.44. The summed E-state index contributed by atoms with van der Waals surface area (Å²) in [6.07, 6.45) is 0.0602. The number of carboxylic acid groups (broad SMARTS) is 1. The minimum absolute atomic E-state index is 0.0602. The molecule has 0 bridgehead atoms. The van der Waals surface area contributed by atoms with Crippen molar-refractivity contribution in [3.05, 3.63) is 119 Å². The Hall–Kier alpha value is -4.04. The summed E-state index contributed by atoms with van der Waals surface area (Å²) in [5.41, 5.74) is 2.77. The van der Waals surface area contributed by atoms with Crippen LogP contribution in [0, 0.1) is 0 Å². The van der Waals surface area contributed by atoms with Gasteiger partial charge in [0.05, 0.1) is 22.5 Å². The minimum atomic E-state index is -1.71. The third-order valence-electron chi connectivity index (χ3n) is 6.92. The molecule has 3 unspecified atom stereocenters. The van der Waals surface area contributed by atoms with Gasteiger partial charge in [0.2, 0.25) is 5.91 Å². The molecule has 1 saturated heterocycles. The standard InChI is InChI=1S/C29H26N2O5S/c1-18-25(29(34)35)31-27(33)24(30-22(32)17-19-11-5-2-6-12-19)28(31)37(36)26(18)23(20-13-7-3-8-14-20)21-15-9-4-10-16-21/h2-16,23-24,26,28H,17H2,1H3,(H,30,32)(H,34,35)/t24?,26?,28-,37?/m1/s1. The zero-order valence-corrected chi connectivity index (χ0v) is 20.9. The summed E-state index contributed by atoms with van der Waals surface area (Å²) in [6, 6.07) is 27.1. The van der Waals surface area contributed by atoms with Crippen molar-refractivity contribution in [2.75, 3.05) is 0 Å². The van der Waals surface area contributed by atoms with E-state index in [2.05, 4.69) is 5.32 Å². The van der Waals surface area contributed by atoms with Crippen LogP contribution in [0.15, 0.2) is 102 Å². The van der Waals surface area contributed by atoms with E-state index in [0.29, 0.717) is 5.57 Å². The van der Waals surface area contributed by atoms with E-state index in [4.69, 9.17) is 0 Å². The highest BCUT2D eigenvalue weighted by atomic mass is 32.2. The molecule has 2 amide bonds. The average Bonchev–Trinajstić information content (AvgIpc) is 2.91. The summed E-state index contributed by atoms with van der Waals surface area (Å²) in [6.45, 7) is 1.63. The molecule has 2 N–H and O–H groups in total. The van der Waals surface area contributed by atoms with Crippen molar-refractivity contribution in [1.29, 1.82) is 0 Å². The number of β-lactam (4-membered cyclic amide) rings is 1. The van der Waals surface area contributed by atoms with Gasteiger partial charge in [-0.05, 0) is 29.2 Å². The molecule has 0 aromatic heterocycles. The summed E-state index contributed by atoms with van der Waals surface area (Å²) in [5.74, 6) is -2.61. The van der Waals surface area contributed by atoms with Crippen LogP contribution < -0.4 is 5.32 Å². The molecule has 4 atom stereocenters. The summed E-state index contributed by atoms with van der Waals surface area (Å²) < 4.78 is 14.2. The molecule has 0 aliphatic carbocycles. The molecule has 3 aromatic carbocycles. The maximum absolute atomic E-state index is 14.2. The van der Waals surface area contributed by atoms with Gasteiger partial charge in [-0.2, -0.15) is 0 Å². The van der Waals surface area contributed by atoms with Crippen LogP contribution in [0.1, 0.15) is 29.5 Å². The van der Waals surface area contributed by atoms with Crippen molar-refractivity contribution in [2.24, 2.45) is 0 Å². The molecule has 37 heavy (non-hydrogen) atoms.